The zero-order valence-electron chi connectivity index (χ0n) is 9.83. The van der Waals surface area contributed by atoms with E-state index < -0.39 is 34.5 Å². The van der Waals surface area contributed by atoms with Gasteiger partial charge in [0.1, 0.15) is 6.04 Å². The molecule has 0 saturated carbocycles. The molecule has 0 aromatic rings. The van der Waals surface area contributed by atoms with E-state index in [0.29, 0.717) is 13.1 Å². The molecule has 0 unspecified atom stereocenters. The fraction of sp³-hybridized carbons (Fsp3) is 0.778. The number of carboxylic acid groups (broad SMARTS) is 1. The van der Waals surface area contributed by atoms with Gasteiger partial charge in [0.05, 0.1) is 6.42 Å². The largest absolute Gasteiger partial charge is 0.480 e. The fourth-order valence-electron chi connectivity index (χ4n) is 1.74. The van der Waals surface area contributed by atoms with Crippen molar-refractivity contribution in [1.82, 2.24) is 9.03 Å². The second-order valence-corrected chi connectivity index (χ2v) is 5.85. The fourth-order valence-corrected chi connectivity index (χ4v) is 3.17. The highest BCUT2D eigenvalue weighted by atomic mass is 32.2. The molecule has 1 heterocycles. The van der Waals surface area contributed by atoms with Crippen LogP contribution in [0, 0.1) is 0 Å². The van der Waals surface area contributed by atoms with Crippen molar-refractivity contribution in [3.63, 3.8) is 0 Å². The van der Waals surface area contributed by atoms with Gasteiger partial charge in [0, 0.05) is 13.1 Å². The van der Waals surface area contributed by atoms with Crippen LogP contribution in [-0.2, 0) is 19.8 Å². The summed E-state index contributed by atoms with van der Waals surface area (Å²) in [4.78, 5) is 21.5. The van der Waals surface area contributed by atoms with E-state index in [1.165, 1.54) is 4.31 Å². The maximum absolute atomic E-state index is 11.9. The second kappa shape index (κ2) is 6.12. The summed E-state index contributed by atoms with van der Waals surface area (Å²) >= 11 is 0. The van der Waals surface area contributed by atoms with Crippen LogP contribution in [0.3, 0.4) is 0 Å². The van der Waals surface area contributed by atoms with E-state index in [9.17, 15) is 18.0 Å². The number of hydrogen-bond donors (Lipinski definition) is 3. The van der Waals surface area contributed by atoms with Crippen molar-refractivity contribution in [2.45, 2.75) is 31.7 Å². The van der Waals surface area contributed by atoms with Crippen LogP contribution in [0.4, 0.5) is 0 Å². The number of nitrogens with one attached hydrogen (secondary N) is 1. The molecule has 1 fully saturated rings. The van der Waals surface area contributed by atoms with E-state index in [1.807, 2.05) is 4.72 Å². The number of piperidine rings is 1. The Hall–Kier alpha value is -1.19. The molecule has 0 spiro atoms. The Morgan fingerprint density at radius 3 is 2.28 bits per heavy atom. The van der Waals surface area contributed by atoms with E-state index in [-0.39, 0.29) is 0 Å². The SMILES string of the molecule is NC(=O)C[C@H](NS(=O)(=O)N1CCCCC1)C(=O)O. The van der Waals surface area contributed by atoms with Gasteiger partial charge in [-0.25, -0.2) is 0 Å². The molecule has 0 bridgehead atoms. The Bertz CT molecular complexity index is 416. The first kappa shape index (κ1) is 14.9. The van der Waals surface area contributed by atoms with Crippen LogP contribution in [0.1, 0.15) is 25.7 Å². The predicted molar refractivity (Wildman–Crippen MR) is 62.7 cm³/mol. The van der Waals surface area contributed by atoms with Crippen LogP contribution in [0.25, 0.3) is 0 Å². The summed E-state index contributed by atoms with van der Waals surface area (Å²) in [5.41, 5.74) is 4.88. The molecule has 104 valence electrons. The topological polar surface area (TPSA) is 130 Å². The minimum Gasteiger partial charge on any atom is -0.480 e. The van der Waals surface area contributed by atoms with Gasteiger partial charge in [0.25, 0.3) is 10.2 Å². The summed E-state index contributed by atoms with van der Waals surface area (Å²) in [5.74, 6) is -2.29. The lowest BCUT2D eigenvalue weighted by Gasteiger charge is -2.27. The van der Waals surface area contributed by atoms with Gasteiger partial charge in [0.2, 0.25) is 5.91 Å². The summed E-state index contributed by atoms with van der Waals surface area (Å²) in [6.07, 6.45) is 1.88. The lowest BCUT2D eigenvalue weighted by atomic mass is 10.2. The highest BCUT2D eigenvalue weighted by Crippen LogP contribution is 2.12. The first-order valence-corrected chi connectivity index (χ1v) is 7.05. The molecule has 8 nitrogen and oxygen atoms in total. The van der Waals surface area contributed by atoms with Gasteiger partial charge < -0.3 is 10.8 Å². The average molecular weight is 279 g/mol. The third-order valence-corrected chi connectivity index (χ3v) is 4.28. The summed E-state index contributed by atoms with van der Waals surface area (Å²) in [5, 5.41) is 8.83. The summed E-state index contributed by atoms with van der Waals surface area (Å²) < 4.78 is 26.9. The van der Waals surface area contributed by atoms with Crippen LogP contribution in [0.15, 0.2) is 0 Å². The van der Waals surface area contributed by atoms with Crippen molar-refractivity contribution in [2.75, 3.05) is 13.1 Å². The Morgan fingerprint density at radius 2 is 1.83 bits per heavy atom. The summed E-state index contributed by atoms with van der Waals surface area (Å²) in [6, 6.07) is -1.52. The van der Waals surface area contributed by atoms with E-state index in [0.717, 1.165) is 19.3 Å². The van der Waals surface area contributed by atoms with Crippen LogP contribution in [0.5, 0.6) is 0 Å². The molecular weight excluding hydrogens is 262 g/mol. The minimum atomic E-state index is -3.88. The van der Waals surface area contributed by atoms with Crippen molar-refractivity contribution in [3.05, 3.63) is 0 Å². The number of carboxylic acids is 1. The second-order valence-electron chi connectivity index (χ2n) is 4.14. The monoisotopic (exact) mass is 279 g/mol. The van der Waals surface area contributed by atoms with E-state index in [2.05, 4.69) is 0 Å². The number of nitrogens with zero attached hydrogens (tertiary/aromatic N) is 1. The standard InChI is InChI=1S/C9H17N3O5S/c10-8(13)6-7(9(14)15)11-18(16,17)12-4-2-1-3-5-12/h7,11H,1-6H2,(H2,10,13)(H,14,15)/t7-/m0/s1. The van der Waals surface area contributed by atoms with Gasteiger partial charge in [-0.3, -0.25) is 9.59 Å². The van der Waals surface area contributed by atoms with Crippen molar-refractivity contribution in [1.29, 1.82) is 0 Å². The maximum atomic E-state index is 11.9. The lowest BCUT2D eigenvalue weighted by molar-refractivity contribution is -0.140. The van der Waals surface area contributed by atoms with E-state index in [4.69, 9.17) is 10.8 Å². The number of hydrogen-bond acceptors (Lipinski definition) is 4. The van der Waals surface area contributed by atoms with E-state index >= 15 is 0 Å². The molecule has 1 atom stereocenters. The molecule has 1 rings (SSSR count). The molecule has 1 amide bonds. The quantitative estimate of drug-likeness (QED) is 0.552. The zero-order chi connectivity index (χ0) is 13.8. The maximum Gasteiger partial charge on any atom is 0.322 e. The molecule has 0 radical (unpaired) electrons. The third-order valence-electron chi connectivity index (χ3n) is 2.65. The lowest BCUT2D eigenvalue weighted by Crippen LogP contribution is -2.50. The highest BCUT2D eigenvalue weighted by molar-refractivity contribution is 7.87. The van der Waals surface area contributed by atoms with Crippen molar-refractivity contribution in [3.8, 4) is 0 Å². The smallest absolute Gasteiger partial charge is 0.322 e. The van der Waals surface area contributed by atoms with Crippen molar-refractivity contribution >= 4 is 22.1 Å². The zero-order valence-corrected chi connectivity index (χ0v) is 10.6. The molecule has 0 aliphatic carbocycles. The van der Waals surface area contributed by atoms with Crippen molar-refractivity contribution in [2.24, 2.45) is 5.73 Å². The molecule has 0 aromatic heterocycles. The molecule has 1 aliphatic rings. The molecule has 1 saturated heterocycles. The summed E-state index contributed by atoms with van der Waals surface area (Å²) in [6.45, 7) is 0.719. The van der Waals surface area contributed by atoms with Gasteiger partial charge in [-0.2, -0.15) is 17.4 Å². The normalized spacial score (nSPS) is 19.3. The Morgan fingerprint density at radius 1 is 1.28 bits per heavy atom. The summed E-state index contributed by atoms with van der Waals surface area (Å²) in [7, 11) is -3.88. The number of nitrogens with two attached hydrogens (primary N) is 1. The van der Waals surface area contributed by atoms with Gasteiger partial charge in [-0.15, -0.1) is 0 Å². The van der Waals surface area contributed by atoms with Crippen LogP contribution >= 0.6 is 0 Å². The van der Waals surface area contributed by atoms with Gasteiger partial charge in [0.15, 0.2) is 0 Å². The first-order valence-electron chi connectivity index (χ1n) is 5.61. The number of carbonyl (C=O) groups excluding carboxylic acids is 1. The van der Waals surface area contributed by atoms with Gasteiger partial charge in [-0.1, -0.05) is 6.42 Å². The molecule has 18 heavy (non-hydrogen) atoms. The molecule has 9 heteroatoms. The van der Waals surface area contributed by atoms with Crippen LogP contribution in [0.2, 0.25) is 0 Å². The highest BCUT2D eigenvalue weighted by Gasteiger charge is 2.30. The third kappa shape index (κ3) is 4.24. The Kier molecular flexibility index (Phi) is 5.05. The van der Waals surface area contributed by atoms with E-state index in [1.54, 1.807) is 0 Å². The molecule has 4 N–H and O–H groups in total. The predicted octanol–water partition coefficient (Wildman–Crippen LogP) is -1.36. The van der Waals surface area contributed by atoms with Gasteiger partial charge >= 0.3 is 5.97 Å². The van der Waals surface area contributed by atoms with Crippen LogP contribution < -0.4 is 10.5 Å². The molecule has 1 aliphatic heterocycles. The average Bonchev–Trinajstić information content (AvgIpc) is 2.28. The minimum absolute atomic E-state index is 0.359. The number of rotatable bonds is 6. The Balaban J connectivity index is 2.71. The van der Waals surface area contributed by atoms with Crippen LogP contribution in [-0.4, -0.2) is 48.8 Å². The van der Waals surface area contributed by atoms with Gasteiger partial charge in [-0.05, 0) is 12.8 Å². The number of carbonyl (C=O) groups is 2. The number of primary amides is 1. The Labute approximate surface area is 105 Å². The number of amides is 1. The number of aliphatic carboxylic acids is 1. The molecule has 0 aromatic carbocycles. The van der Waals surface area contributed by atoms with Crippen molar-refractivity contribution < 1.29 is 23.1 Å². The molecular formula is C9H17N3O5S. The first-order chi connectivity index (χ1) is 8.33.